The quantitative estimate of drug-likeness (QED) is 0.926. The standard InChI is InChI=1S/C19H27N3O2/c1-2-22-12-17(15-6-4-3-5-7-15)24-14-19(22)10-11-21(13-19)18(23)20-16-8-9-16/h3-7,16-17H,2,8-14H2,1H3,(H,20,23)/t17-,19-/m0/s1. The summed E-state index contributed by atoms with van der Waals surface area (Å²) in [5.74, 6) is 0. The number of carbonyl (C=O) groups is 1. The second kappa shape index (κ2) is 6.37. The van der Waals surface area contributed by atoms with Crippen LogP contribution in [0, 0.1) is 0 Å². The van der Waals surface area contributed by atoms with E-state index in [4.69, 9.17) is 4.74 Å². The van der Waals surface area contributed by atoms with E-state index in [0.29, 0.717) is 12.6 Å². The predicted molar refractivity (Wildman–Crippen MR) is 92.9 cm³/mol. The normalized spacial score (nSPS) is 30.7. The van der Waals surface area contributed by atoms with Crippen molar-refractivity contribution < 1.29 is 9.53 Å². The summed E-state index contributed by atoms with van der Waals surface area (Å²) in [6, 6.07) is 11.0. The van der Waals surface area contributed by atoms with Crippen molar-refractivity contribution in [2.24, 2.45) is 0 Å². The minimum Gasteiger partial charge on any atom is -0.370 e. The van der Waals surface area contributed by atoms with Gasteiger partial charge in [-0.25, -0.2) is 4.79 Å². The number of amides is 2. The Balaban J connectivity index is 1.43. The highest BCUT2D eigenvalue weighted by Crippen LogP contribution is 2.36. The van der Waals surface area contributed by atoms with Crippen LogP contribution in [-0.4, -0.2) is 60.2 Å². The molecule has 1 aromatic rings. The van der Waals surface area contributed by atoms with E-state index >= 15 is 0 Å². The van der Waals surface area contributed by atoms with E-state index in [1.807, 2.05) is 11.0 Å². The van der Waals surface area contributed by atoms with Crippen LogP contribution in [0.3, 0.4) is 0 Å². The Morgan fingerprint density at radius 3 is 2.83 bits per heavy atom. The molecule has 2 atom stereocenters. The minimum atomic E-state index is -0.0130. The summed E-state index contributed by atoms with van der Waals surface area (Å²) in [4.78, 5) is 16.9. The lowest BCUT2D eigenvalue weighted by Gasteiger charge is -2.47. The van der Waals surface area contributed by atoms with Gasteiger partial charge in [-0.05, 0) is 31.4 Å². The largest absolute Gasteiger partial charge is 0.370 e. The summed E-state index contributed by atoms with van der Waals surface area (Å²) in [6.07, 6.45) is 3.40. The fourth-order valence-electron chi connectivity index (χ4n) is 4.03. The molecule has 0 bridgehead atoms. The van der Waals surface area contributed by atoms with Crippen molar-refractivity contribution in [3.8, 4) is 0 Å². The molecule has 2 saturated heterocycles. The lowest BCUT2D eigenvalue weighted by atomic mass is 9.93. The van der Waals surface area contributed by atoms with Gasteiger partial charge in [0.1, 0.15) is 0 Å². The molecule has 1 aliphatic carbocycles. The van der Waals surface area contributed by atoms with Crippen LogP contribution in [0.4, 0.5) is 4.79 Å². The molecular weight excluding hydrogens is 302 g/mol. The van der Waals surface area contributed by atoms with Gasteiger partial charge in [-0.2, -0.15) is 0 Å². The third-order valence-electron chi connectivity index (χ3n) is 5.69. The fourth-order valence-corrected chi connectivity index (χ4v) is 4.03. The van der Waals surface area contributed by atoms with Crippen LogP contribution in [0.25, 0.3) is 0 Å². The first-order valence-electron chi connectivity index (χ1n) is 9.17. The molecule has 1 saturated carbocycles. The first-order valence-corrected chi connectivity index (χ1v) is 9.17. The number of hydrogen-bond donors (Lipinski definition) is 1. The molecule has 4 rings (SSSR count). The molecule has 1 spiro atoms. The van der Waals surface area contributed by atoms with Crippen molar-refractivity contribution in [2.75, 3.05) is 32.8 Å². The number of nitrogens with zero attached hydrogens (tertiary/aromatic N) is 2. The van der Waals surface area contributed by atoms with Gasteiger partial charge in [0, 0.05) is 25.7 Å². The molecule has 2 aliphatic heterocycles. The molecule has 3 aliphatic rings. The van der Waals surface area contributed by atoms with Gasteiger partial charge in [-0.1, -0.05) is 37.3 Å². The summed E-state index contributed by atoms with van der Waals surface area (Å²) in [5.41, 5.74) is 1.23. The van der Waals surface area contributed by atoms with E-state index in [2.05, 4.69) is 41.4 Å². The Kier molecular flexibility index (Phi) is 4.22. The van der Waals surface area contributed by atoms with Crippen LogP contribution >= 0.6 is 0 Å². The number of ether oxygens (including phenoxy) is 1. The van der Waals surface area contributed by atoms with E-state index in [1.54, 1.807) is 0 Å². The van der Waals surface area contributed by atoms with Crippen molar-refractivity contribution in [2.45, 2.75) is 43.9 Å². The van der Waals surface area contributed by atoms with Crippen molar-refractivity contribution in [1.29, 1.82) is 0 Å². The van der Waals surface area contributed by atoms with Gasteiger partial charge < -0.3 is 15.0 Å². The fraction of sp³-hybridized carbons (Fsp3) is 0.632. The Bertz CT molecular complexity index is 590. The number of likely N-dealkylation sites (N-methyl/N-ethyl adjacent to an activating group) is 1. The summed E-state index contributed by atoms with van der Waals surface area (Å²) < 4.78 is 6.26. The van der Waals surface area contributed by atoms with Crippen molar-refractivity contribution in [3.05, 3.63) is 35.9 Å². The van der Waals surface area contributed by atoms with Gasteiger partial charge in [0.2, 0.25) is 0 Å². The molecule has 130 valence electrons. The van der Waals surface area contributed by atoms with Crippen LogP contribution in [-0.2, 0) is 4.74 Å². The van der Waals surface area contributed by atoms with Crippen molar-refractivity contribution in [1.82, 2.24) is 15.1 Å². The van der Waals surface area contributed by atoms with E-state index in [9.17, 15) is 4.79 Å². The average molecular weight is 329 g/mol. The lowest BCUT2D eigenvalue weighted by Crippen LogP contribution is -2.59. The molecule has 2 amide bonds. The van der Waals surface area contributed by atoms with E-state index in [0.717, 1.165) is 45.4 Å². The first kappa shape index (κ1) is 15.9. The van der Waals surface area contributed by atoms with Crippen molar-refractivity contribution >= 4 is 6.03 Å². The molecule has 3 fully saturated rings. The van der Waals surface area contributed by atoms with Gasteiger partial charge in [0.05, 0.1) is 18.2 Å². The van der Waals surface area contributed by atoms with Crippen LogP contribution in [0.5, 0.6) is 0 Å². The lowest BCUT2D eigenvalue weighted by molar-refractivity contribution is -0.107. The third-order valence-corrected chi connectivity index (χ3v) is 5.69. The van der Waals surface area contributed by atoms with Gasteiger partial charge in [-0.3, -0.25) is 4.90 Å². The second-order valence-corrected chi connectivity index (χ2v) is 7.37. The molecular formula is C19H27N3O2. The van der Waals surface area contributed by atoms with Gasteiger partial charge >= 0.3 is 6.03 Å². The number of likely N-dealkylation sites (tertiary alicyclic amines) is 1. The maximum absolute atomic E-state index is 12.4. The highest BCUT2D eigenvalue weighted by Gasteiger charge is 2.48. The number of benzene rings is 1. The molecule has 5 nitrogen and oxygen atoms in total. The maximum Gasteiger partial charge on any atom is 0.317 e. The monoisotopic (exact) mass is 329 g/mol. The predicted octanol–water partition coefficient (Wildman–Crippen LogP) is 2.40. The molecule has 24 heavy (non-hydrogen) atoms. The molecule has 1 N–H and O–H groups in total. The summed E-state index contributed by atoms with van der Waals surface area (Å²) >= 11 is 0. The Morgan fingerprint density at radius 1 is 1.33 bits per heavy atom. The minimum absolute atomic E-state index is 0.0130. The summed E-state index contributed by atoms with van der Waals surface area (Å²) in [7, 11) is 0. The second-order valence-electron chi connectivity index (χ2n) is 7.37. The molecule has 0 unspecified atom stereocenters. The molecule has 5 heteroatoms. The number of urea groups is 1. The Hall–Kier alpha value is -1.59. The van der Waals surface area contributed by atoms with Crippen LogP contribution in [0.15, 0.2) is 30.3 Å². The SMILES string of the molecule is CCN1C[C@@H](c2ccccc2)OC[C@@]12CCN(C(=O)NC1CC1)C2. The highest BCUT2D eigenvalue weighted by atomic mass is 16.5. The molecule has 2 heterocycles. The van der Waals surface area contributed by atoms with Crippen LogP contribution in [0.1, 0.15) is 37.9 Å². The molecule has 0 radical (unpaired) electrons. The average Bonchev–Trinajstić information content (AvgIpc) is 3.34. The summed E-state index contributed by atoms with van der Waals surface area (Å²) in [6.45, 7) is 6.41. The van der Waals surface area contributed by atoms with Gasteiger partial charge in [0.15, 0.2) is 0 Å². The van der Waals surface area contributed by atoms with E-state index in [1.165, 1.54) is 5.56 Å². The summed E-state index contributed by atoms with van der Waals surface area (Å²) in [5, 5.41) is 3.11. The van der Waals surface area contributed by atoms with Gasteiger partial charge in [-0.15, -0.1) is 0 Å². The zero-order valence-corrected chi connectivity index (χ0v) is 14.4. The number of carbonyl (C=O) groups excluding carboxylic acids is 1. The maximum atomic E-state index is 12.4. The molecule has 1 aromatic carbocycles. The Labute approximate surface area is 144 Å². The zero-order valence-electron chi connectivity index (χ0n) is 14.4. The smallest absolute Gasteiger partial charge is 0.317 e. The number of nitrogens with one attached hydrogen (secondary N) is 1. The van der Waals surface area contributed by atoms with Crippen molar-refractivity contribution in [3.63, 3.8) is 0 Å². The third kappa shape index (κ3) is 3.03. The van der Waals surface area contributed by atoms with E-state index < -0.39 is 0 Å². The topological polar surface area (TPSA) is 44.8 Å². The number of hydrogen-bond acceptors (Lipinski definition) is 3. The van der Waals surface area contributed by atoms with Crippen LogP contribution in [0.2, 0.25) is 0 Å². The molecule has 0 aromatic heterocycles. The van der Waals surface area contributed by atoms with Gasteiger partial charge in [0.25, 0.3) is 0 Å². The highest BCUT2D eigenvalue weighted by molar-refractivity contribution is 5.75. The number of morpholine rings is 1. The number of rotatable bonds is 3. The first-order chi connectivity index (χ1) is 11.7. The van der Waals surface area contributed by atoms with E-state index in [-0.39, 0.29) is 17.7 Å². The zero-order chi connectivity index (χ0) is 16.6. The Morgan fingerprint density at radius 2 is 2.12 bits per heavy atom. The van der Waals surface area contributed by atoms with Crippen LogP contribution < -0.4 is 5.32 Å².